The highest BCUT2D eigenvalue weighted by atomic mass is 16.6. The molecule has 0 bridgehead atoms. The van der Waals surface area contributed by atoms with Gasteiger partial charge in [0.2, 0.25) is 0 Å². The maximum atomic E-state index is 12.7. The Bertz CT molecular complexity index is 1230. The minimum atomic E-state index is -0.808. The fourth-order valence-corrected chi connectivity index (χ4v) is 6.30. The van der Waals surface area contributed by atoms with Crippen LogP contribution in [0.3, 0.4) is 0 Å². The molecule has 0 aromatic rings. The van der Waals surface area contributed by atoms with E-state index in [1.807, 2.05) is 24.3 Å². The van der Waals surface area contributed by atoms with E-state index < -0.39 is 6.10 Å². The molecular formula is C54H88O6. The molecule has 0 aliphatic heterocycles. The van der Waals surface area contributed by atoms with Crippen molar-refractivity contribution in [3.05, 3.63) is 97.2 Å². The van der Waals surface area contributed by atoms with Gasteiger partial charge in [0.15, 0.2) is 6.10 Å². The van der Waals surface area contributed by atoms with Crippen molar-refractivity contribution in [1.82, 2.24) is 0 Å². The average Bonchev–Trinajstić information content (AvgIpc) is 3.24. The van der Waals surface area contributed by atoms with Gasteiger partial charge >= 0.3 is 17.9 Å². The summed E-state index contributed by atoms with van der Waals surface area (Å²) < 4.78 is 16.7. The van der Waals surface area contributed by atoms with Gasteiger partial charge in [-0.15, -0.1) is 0 Å². The zero-order valence-electron chi connectivity index (χ0n) is 38.7. The van der Waals surface area contributed by atoms with E-state index in [4.69, 9.17) is 14.2 Å². The van der Waals surface area contributed by atoms with E-state index in [1.165, 1.54) is 51.4 Å². The topological polar surface area (TPSA) is 78.9 Å². The number of rotatable bonds is 42. The molecule has 0 aliphatic carbocycles. The first-order valence-electron chi connectivity index (χ1n) is 24.3. The molecule has 0 fully saturated rings. The Morgan fingerprint density at radius 1 is 0.367 bits per heavy atom. The first-order valence-corrected chi connectivity index (χ1v) is 24.3. The van der Waals surface area contributed by atoms with E-state index in [2.05, 4.69) is 93.7 Å². The number of unbranched alkanes of at least 4 members (excludes halogenated alkanes) is 19. The maximum absolute atomic E-state index is 12.7. The van der Waals surface area contributed by atoms with Crippen molar-refractivity contribution in [2.24, 2.45) is 0 Å². The number of hydrogen-bond donors (Lipinski definition) is 0. The second kappa shape index (κ2) is 48.0. The Morgan fingerprint density at radius 2 is 0.733 bits per heavy atom. The molecule has 0 heterocycles. The van der Waals surface area contributed by atoms with Crippen LogP contribution >= 0.6 is 0 Å². The van der Waals surface area contributed by atoms with Crippen LogP contribution in [0.5, 0.6) is 0 Å². The molecule has 0 N–H and O–H groups in total. The van der Waals surface area contributed by atoms with Gasteiger partial charge in [-0.3, -0.25) is 14.4 Å². The van der Waals surface area contributed by atoms with Gasteiger partial charge in [-0.1, -0.05) is 195 Å². The normalized spacial score (nSPS) is 12.9. The molecule has 0 saturated carbocycles. The third-order valence-corrected chi connectivity index (χ3v) is 9.93. The molecule has 340 valence electrons. The lowest BCUT2D eigenvalue weighted by atomic mass is 10.1. The number of hydrogen-bond acceptors (Lipinski definition) is 6. The average molecular weight is 833 g/mol. The molecule has 1 atom stereocenters. The van der Waals surface area contributed by atoms with Gasteiger partial charge in [-0.05, 0) is 89.9 Å². The van der Waals surface area contributed by atoms with E-state index in [9.17, 15) is 14.4 Å². The summed E-state index contributed by atoms with van der Waals surface area (Å²) in [6.45, 7) is 6.29. The van der Waals surface area contributed by atoms with Gasteiger partial charge in [0, 0.05) is 19.3 Å². The van der Waals surface area contributed by atoms with Gasteiger partial charge in [0.25, 0.3) is 0 Å². The van der Waals surface area contributed by atoms with E-state index in [0.29, 0.717) is 12.8 Å². The highest BCUT2D eigenvalue weighted by Gasteiger charge is 2.19. The maximum Gasteiger partial charge on any atom is 0.306 e. The Kier molecular flexibility index (Phi) is 45.1. The van der Waals surface area contributed by atoms with Crippen LogP contribution in [0.2, 0.25) is 0 Å². The molecule has 0 aliphatic rings. The van der Waals surface area contributed by atoms with Crippen LogP contribution < -0.4 is 0 Å². The van der Waals surface area contributed by atoms with Crippen LogP contribution in [0, 0.1) is 0 Å². The second-order valence-corrected chi connectivity index (χ2v) is 15.7. The third kappa shape index (κ3) is 45.4. The third-order valence-electron chi connectivity index (χ3n) is 9.93. The predicted octanol–water partition coefficient (Wildman–Crippen LogP) is 15.8. The van der Waals surface area contributed by atoms with Gasteiger partial charge < -0.3 is 14.2 Å². The largest absolute Gasteiger partial charge is 0.462 e. The first-order chi connectivity index (χ1) is 29.5. The zero-order chi connectivity index (χ0) is 43.7. The van der Waals surface area contributed by atoms with E-state index in [1.54, 1.807) is 0 Å². The van der Waals surface area contributed by atoms with Crippen LogP contribution in [-0.4, -0.2) is 37.2 Å². The molecule has 0 rings (SSSR count). The first kappa shape index (κ1) is 56.3. The summed E-state index contributed by atoms with van der Waals surface area (Å²) in [7, 11) is 0. The van der Waals surface area contributed by atoms with E-state index in [-0.39, 0.29) is 37.5 Å². The van der Waals surface area contributed by atoms with Crippen LogP contribution in [-0.2, 0) is 28.6 Å². The lowest BCUT2D eigenvalue weighted by molar-refractivity contribution is -0.167. The van der Waals surface area contributed by atoms with Crippen molar-refractivity contribution in [3.63, 3.8) is 0 Å². The summed E-state index contributed by atoms with van der Waals surface area (Å²) >= 11 is 0. The van der Waals surface area contributed by atoms with Crippen molar-refractivity contribution in [2.45, 2.75) is 213 Å². The standard InChI is InChI=1S/C54H88O6/c1-4-7-10-13-16-19-21-23-25-26-27-29-30-32-35-38-41-44-47-53(56)59-50-51(49-58-52(55)46-43-40-37-34-18-15-12-9-6-3)60-54(57)48-45-42-39-36-33-31-28-24-22-20-17-14-11-8-5-2/h8-9,11-12,14,17-18,20,22,24-29,34,51H,4-7,10,13,15-16,19,21,23,30-33,35-50H2,1-3H3/b11-8-,12-9-,17-14-,22-20-,26-25-,28-24-,29-27-,34-18-. The highest BCUT2D eigenvalue weighted by molar-refractivity contribution is 5.71. The molecule has 1 unspecified atom stereocenters. The fourth-order valence-electron chi connectivity index (χ4n) is 6.30. The molecule has 0 amide bonds. The molecule has 0 aromatic carbocycles. The number of allylic oxidation sites excluding steroid dienone is 16. The number of carbonyl (C=O) groups is 3. The minimum absolute atomic E-state index is 0.107. The van der Waals surface area contributed by atoms with Crippen LogP contribution in [0.1, 0.15) is 207 Å². The molecule has 0 spiro atoms. The van der Waals surface area contributed by atoms with Crippen molar-refractivity contribution in [2.75, 3.05) is 13.2 Å². The van der Waals surface area contributed by atoms with Gasteiger partial charge in [0.05, 0.1) is 0 Å². The molecule has 0 saturated heterocycles. The second-order valence-electron chi connectivity index (χ2n) is 15.7. The number of ether oxygens (including phenoxy) is 3. The van der Waals surface area contributed by atoms with E-state index in [0.717, 1.165) is 116 Å². The Morgan fingerprint density at radius 3 is 1.25 bits per heavy atom. The molecule has 0 radical (unpaired) electrons. The molecule has 6 heteroatoms. The highest BCUT2D eigenvalue weighted by Crippen LogP contribution is 2.13. The summed E-state index contributed by atoms with van der Waals surface area (Å²) in [4.78, 5) is 37.8. The van der Waals surface area contributed by atoms with Crippen molar-refractivity contribution in [1.29, 1.82) is 0 Å². The number of esters is 3. The Labute approximate surface area is 368 Å². The quantitative estimate of drug-likeness (QED) is 0.0200. The molecule has 60 heavy (non-hydrogen) atoms. The summed E-state index contributed by atoms with van der Waals surface area (Å²) in [5.74, 6) is -0.990. The van der Waals surface area contributed by atoms with Crippen molar-refractivity contribution >= 4 is 17.9 Å². The smallest absolute Gasteiger partial charge is 0.306 e. The fraction of sp³-hybridized carbons (Fsp3) is 0.648. The summed E-state index contributed by atoms with van der Waals surface area (Å²) in [6.07, 6.45) is 62.6. The lowest BCUT2D eigenvalue weighted by Crippen LogP contribution is -2.30. The van der Waals surface area contributed by atoms with Gasteiger partial charge in [0.1, 0.15) is 13.2 Å². The van der Waals surface area contributed by atoms with E-state index >= 15 is 0 Å². The van der Waals surface area contributed by atoms with Gasteiger partial charge in [-0.25, -0.2) is 0 Å². The van der Waals surface area contributed by atoms with Crippen molar-refractivity contribution < 1.29 is 28.6 Å². The minimum Gasteiger partial charge on any atom is -0.462 e. The zero-order valence-corrected chi connectivity index (χ0v) is 38.7. The van der Waals surface area contributed by atoms with Crippen LogP contribution in [0.4, 0.5) is 0 Å². The molecule has 0 aromatic heterocycles. The Balaban J connectivity index is 4.43. The SMILES string of the molecule is CC\C=C/C=C\C=C/C=C\CCCCCCCC(=O)OC(COC(=O)CCCC/C=C\C/C=C\CC)COC(=O)CCCCCCC/C=C\C=C/CCCCCCCCC. The lowest BCUT2D eigenvalue weighted by Gasteiger charge is -2.18. The van der Waals surface area contributed by atoms with Crippen LogP contribution in [0.15, 0.2) is 97.2 Å². The summed E-state index contributed by atoms with van der Waals surface area (Å²) in [5.41, 5.74) is 0. The number of carbonyl (C=O) groups excluding carboxylic acids is 3. The predicted molar refractivity (Wildman–Crippen MR) is 256 cm³/mol. The Hall–Kier alpha value is -3.67. The van der Waals surface area contributed by atoms with Gasteiger partial charge in [-0.2, -0.15) is 0 Å². The van der Waals surface area contributed by atoms with Crippen molar-refractivity contribution in [3.8, 4) is 0 Å². The monoisotopic (exact) mass is 833 g/mol. The molecule has 6 nitrogen and oxygen atoms in total. The summed E-state index contributed by atoms with van der Waals surface area (Å²) in [6, 6.07) is 0. The summed E-state index contributed by atoms with van der Waals surface area (Å²) in [5, 5.41) is 0. The molecular weight excluding hydrogens is 745 g/mol. The van der Waals surface area contributed by atoms with Crippen LogP contribution in [0.25, 0.3) is 0 Å².